The van der Waals surface area contributed by atoms with Crippen molar-refractivity contribution < 1.29 is 14.3 Å². The van der Waals surface area contributed by atoms with Gasteiger partial charge in [-0.15, -0.1) is 21.5 Å². The topological polar surface area (TPSA) is 78.3 Å². The number of aromatic nitrogens is 3. The first-order valence-corrected chi connectivity index (χ1v) is 11.3. The molecule has 1 saturated carbocycles. The van der Waals surface area contributed by atoms with E-state index in [1.807, 2.05) is 30.5 Å². The number of thioether (sulfide) groups is 1. The predicted octanol–water partition coefficient (Wildman–Crippen LogP) is 4.23. The van der Waals surface area contributed by atoms with E-state index >= 15 is 0 Å². The second-order valence-corrected chi connectivity index (χ2v) is 9.25. The first-order valence-electron chi connectivity index (χ1n) is 9.55. The third-order valence-electron chi connectivity index (χ3n) is 4.78. The Labute approximate surface area is 176 Å². The van der Waals surface area contributed by atoms with Crippen molar-refractivity contribution in [1.29, 1.82) is 0 Å². The lowest BCUT2D eigenvalue weighted by Gasteiger charge is -2.19. The Hall–Kier alpha value is -2.52. The summed E-state index contributed by atoms with van der Waals surface area (Å²) in [6.07, 6.45) is 2.25. The monoisotopic (exact) mass is 428 g/mol. The number of amides is 1. The van der Waals surface area contributed by atoms with E-state index in [1.54, 1.807) is 17.4 Å². The largest absolute Gasteiger partial charge is 0.486 e. The first kappa shape index (κ1) is 18.5. The summed E-state index contributed by atoms with van der Waals surface area (Å²) in [7, 11) is 0. The van der Waals surface area contributed by atoms with Crippen molar-refractivity contribution in [2.45, 2.75) is 36.2 Å². The van der Waals surface area contributed by atoms with Crippen LogP contribution in [0, 0.1) is 0 Å². The quantitative estimate of drug-likeness (QED) is 0.592. The smallest absolute Gasteiger partial charge is 0.237 e. The van der Waals surface area contributed by atoms with Crippen molar-refractivity contribution in [3.05, 3.63) is 35.7 Å². The predicted molar refractivity (Wildman–Crippen MR) is 113 cm³/mol. The molecule has 2 aromatic heterocycles. The van der Waals surface area contributed by atoms with Crippen LogP contribution in [0.25, 0.3) is 10.7 Å². The molecule has 1 atom stereocenters. The number of rotatable bonds is 6. The number of hydrogen-bond donors (Lipinski definition) is 1. The number of hydrogen-bond acceptors (Lipinski definition) is 7. The van der Waals surface area contributed by atoms with Gasteiger partial charge in [0.05, 0.1) is 10.1 Å². The van der Waals surface area contributed by atoms with Gasteiger partial charge in [-0.1, -0.05) is 17.8 Å². The van der Waals surface area contributed by atoms with E-state index in [9.17, 15) is 4.79 Å². The second kappa shape index (κ2) is 7.72. The lowest BCUT2D eigenvalue weighted by Crippen LogP contribution is -2.23. The maximum atomic E-state index is 12.8. The van der Waals surface area contributed by atoms with E-state index in [2.05, 4.69) is 26.1 Å². The van der Waals surface area contributed by atoms with Crippen molar-refractivity contribution in [1.82, 2.24) is 14.8 Å². The number of fused-ring (bicyclic) bond motifs is 1. The van der Waals surface area contributed by atoms with Crippen LogP contribution in [0.15, 0.2) is 40.9 Å². The van der Waals surface area contributed by atoms with E-state index in [4.69, 9.17) is 9.47 Å². The highest BCUT2D eigenvalue weighted by Gasteiger charge is 2.31. The maximum absolute atomic E-state index is 12.8. The number of carbonyl (C=O) groups excluding carboxylic acids is 1. The fourth-order valence-electron chi connectivity index (χ4n) is 3.17. The Bertz CT molecular complexity index is 1030. The molecule has 0 radical (unpaired) electrons. The number of thiophene rings is 1. The molecule has 1 aliphatic carbocycles. The number of benzene rings is 1. The minimum Gasteiger partial charge on any atom is -0.486 e. The van der Waals surface area contributed by atoms with Gasteiger partial charge in [-0.3, -0.25) is 9.36 Å². The zero-order valence-electron chi connectivity index (χ0n) is 15.8. The highest BCUT2D eigenvalue weighted by Crippen LogP contribution is 2.42. The van der Waals surface area contributed by atoms with E-state index < -0.39 is 0 Å². The number of carbonyl (C=O) groups is 1. The van der Waals surface area contributed by atoms with E-state index in [-0.39, 0.29) is 11.2 Å². The van der Waals surface area contributed by atoms with Crippen LogP contribution >= 0.6 is 23.1 Å². The molecule has 3 heterocycles. The average Bonchev–Trinajstić information content (AvgIpc) is 3.25. The zero-order chi connectivity index (χ0) is 19.8. The molecule has 9 heteroatoms. The van der Waals surface area contributed by atoms with Crippen LogP contribution in [0.4, 0.5) is 5.69 Å². The molecular formula is C20H20N4O3S2. The highest BCUT2D eigenvalue weighted by molar-refractivity contribution is 8.00. The normalized spacial score (nSPS) is 16.4. The summed E-state index contributed by atoms with van der Waals surface area (Å²) in [6, 6.07) is 9.94. The van der Waals surface area contributed by atoms with Gasteiger partial charge in [0, 0.05) is 17.8 Å². The van der Waals surface area contributed by atoms with Crippen LogP contribution in [0.5, 0.6) is 11.5 Å². The van der Waals surface area contributed by atoms with Crippen molar-refractivity contribution in [3.8, 4) is 22.2 Å². The Balaban J connectivity index is 1.30. The fraction of sp³-hybridized carbons (Fsp3) is 0.350. The Morgan fingerprint density at radius 2 is 2.07 bits per heavy atom. The number of ether oxygens (including phenoxy) is 2. The average molecular weight is 429 g/mol. The standard InChI is InChI=1S/C20H20N4O3S2/c1-12(19(25)21-13-4-7-15-16(11-13)27-9-8-26-15)29-20-23-22-18(17-3-2-10-28-17)24(20)14-5-6-14/h2-4,7,10-12,14H,5-6,8-9H2,1H3,(H,21,25)/t12-/m0/s1. The zero-order valence-corrected chi connectivity index (χ0v) is 17.5. The molecule has 0 bridgehead atoms. The molecule has 0 spiro atoms. The van der Waals surface area contributed by atoms with Gasteiger partial charge in [-0.2, -0.15) is 0 Å². The summed E-state index contributed by atoms with van der Waals surface area (Å²) >= 11 is 3.09. The van der Waals surface area contributed by atoms with Gasteiger partial charge in [0.2, 0.25) is 5.91 Å². The van der Waals surface area contributed by atoms with Gasteiger partial charge in [-0.25, -0.2) is 0 Å². The molecule has 29 heavy (non-hydrogen) atoms. The second-order valence-electron chi connectivity index (χ2n) is 6.99. The van der Waals surface area contributed by atoms with Gasteiger partial charge < -0.3 is 14.8 Å². The Kier molecular flexibility index (Phi) is 4.92. The molecule has 1 N–H and O–H groups in total. The molecule has 0 unspecified atom stereocenters. The van der Waals surface area contributed by atoms with E-state index in [1.165, 1.54) is 11.8 Å². The molecule has 1 amide bonds. The number of anilines is 1. The van der Waals surface area contributed by atoms with Crippen molar-refractivity contribution in [3.63, 3.8) is 0 Å². The van der Waals surface area contributed by atoms with Gasteiger partial charge in [0.25, 0.3) is 0 Å². The molecule has 5 rings (SSSR count). The summed E-state index contributed by atoms with van der Waals surface area (Å²) in [5, 5.41) is 14.3. The van der Waals surface area contributed by atoms with Gasteiger partial charge in [0.1, 0.15) is 13.2 Å². The van der Waals surface area contributed by atoms with Gasteiger partial charge >= 0.3 is 0 Å². The maximum Gasteiger partial charge on any atom is 0.237 e. The summed E-state index contributed by atoms with van der Waals surface area (Å²) in [4.78, 5) is 13.9. The molecule has 2 aliphatic rings. The summed E-state index contributed by atoms with van der Waals surface area (Å²) in [6.45, 7) is 2.94. The lowest BCUT2D eigenvalue weighted by molar-refractivity contribution is -0.115. The van der Waals surface area contributed by atoms with Crippen LogP contribution in [-0.4, -0.2) is 39.1 Å². The minimum atomic E-state index is -0.318. The Morgan fingerprint density at radius 1 is 1.24 bits per heavy atom. The summed E-state index contributed by atoms with van der Waals surface area (Å²) in [5.41, 5.74) is 0.689. The minimum absolute atomic E-state index is 0.0882. The fourth-order valence-corrected chi connectivity index (χ4v) is 4.79. The van der Waals surface area contributed by atoms with E-state index in [0.29, 0.717) is 36.4 Å². The van der Waals surface area contributed by atoms with Crippen LogP contribution in [0.2, 0.25) is 0 Å². The van der Waals surface area contributed by atoms with Crippen LogP contribution in [-0.2, 0) is 4.79 Å². The van der Waals surface area contributed by atoms with Crippen molar-refractivity contribution in [2.75, 3.05) is 18.5 Å². The number of nitrogens with one attached hydrogen (secondary N) is 1. The molecular weight excluding hydrogens is 408 g/mol. The molecule has 1 aliphatic heterocycles. The summed E-state index contributed by atoms with van der Waals surface area (Å²) in [5.74, 6) is 2.16. The lowest BCUT2D eigenvalue weighted by atomic mass is 10.2. The molecule has 1 aromatic carbocycles. The summed E-state index contributed by atoms with van der Waals surface area (Å²) < 4.78 is 13.3. The highest BCUT2D eigenvalue weighted by atomic mass is 32.2. The first-order chi connectivity index (χ1) is 14.2. The van der Waals surface area contributed by atoms with Crippen LogP contribution in [0.3, 0.4) is 0 Å². The van der Waals surface area contributed by atoms with Gasteiger partial charge in [-0.05, 0) is 43.3 Å². The molecule has 0 saturated heterocycles. The molecule has 7 nitrogen and oxygen atoms in total. The van der Waals surface area contributed by atoms with E-state index in [0.717, 1.165) is 28.7 Å². The van der Waals surface area contributed by atoms with Crippen molar-refractivity contribution in [2.24, 2.45) is 0 Å². The molecule has 3 aromatic rings. The molecule has 150 valence electrons. The van der Waals surface area contributed by atoms with Crippen molar-refractivity contribution >= 4 is 34.7 Å². The SMILES string of the molecule is C[C@H](Sc1nnc(-c2cccs2)n1C1CC1)C(=O)Nc1ccc2c(c1)OCCO2. The number of nitrogens with zero attached hydrogens (tertiary/aromatic N) is 3. The van der Waals surface area contributed by atoms with Crippen LogP contribution < -0.4 is 14.8 Å². The Morgan fingerprint density at radius 3 is 2.83 bits per heavy atom. The van der Waals surface area contributed by atoms with Crippen LogP contribution in [0.1, 0.15) is 25.8 Å². The van der Waals surface area contributed by atoms with Gasteiger partial charge in [0.15, 0.2) is 22.5 Å². The third kappa shape index (κ3) is 3.84. The molecule has 1 fully saturated rings. The third-order valence-corrected chi connectivity index (χ3v) is 6.70.